The van der Waals surface area contributed by atoms with E-state index < -0.39 is 28.3 Å². The van der Waals surface area contributed by atoms with Crippen molar-refractivity contribution in [3.63, 3.8) is 0 Å². The van der Waals surface area contributed by atoms with E-state index >= 15 is 0 Å². The molecule has 0 aliphatic carbocycles. The average Bonchev–Trinajstić information content (AvgIpc) is 3.32. The lowest BCUT2D eigenvalue weighted by Crippen LogP contribution is -2.50. The van der Waals surface area contributed by atoms with Crippen molar-refractivity contribution in [2.24, 2.45) is 0 Å². The Bertz CT molecular complexity index is 993. The van der Waals surface area contributed by atoms with Crippen LogP contribution in [0.5, 0.6) is 5.75 Å². The highest BCUT2D eigenvalue weighted by Gasteiger charge is 2.34. The van der Waals surface area contributed by atoms with E-state index in [4.69, 9.17) is 14.3 Å². The number of aliphatic hydroxyl groups is 1. The smallest absolute Gasteiger partial charge is 0.265 e. The second kappa shape index (κ2) is 11.6. The van der Waals surface area contributed by atoms with E-state index in [-0.39, 0.29) is 24.0 Å². The first-order valence-corrected chi connectivity index (χ1v) is 12.1. The third kappa shape index (κ3) is 6.99. The fraction of sp³-hybridized carbons (Fsp3) is 0.435. The molecule has 180 valence electrons. The zero-order valence-corrected chi connectivity index (χ0v) is 19.5. The van der Waals surface area contributed by atoms with E-state index in [9.17, 15) is 18.3 Å². The van der Waals surface area contributed by atoms with Crippen LogP contribution in [0.4, 0.5) is 0 Å². The summed E-state index contributed by atoms with van der Waals surface area (Å²) in [6.07, 6.45) is -0.836. The molecule has 2 aromatic carbocycles. The molecule has 10 heteroatoms. The van der Waals surface area contributed by atoms with Crippen molar-refractivity contribution in [2.45, 2.75) is 42.9 Å². The van der Waals surface area contributed by atoms with Crippen LogP contribution in [-0.4, -0.2) is 69.0 Å². The molecule has 0 spiro atoms. The summed E-state index contributed by atoms with van der Waals surface area (Å²) in [4.78, 5) is 17.6. The number of hydrogen-bond acceptors (Lipinski definition) is 7. The molecule has 1 heterocycles. The van der Waals surface area contributed by atoms with Gasteiger partial charge in [-0.05, 0) is 36.2 Å². The Morgan fingerprint density at radius 1 is 1.21 bits per heavy atom. The Morgan fingerprint density at radius 3 is 2.48 bits per heavy atom. The number of nitrogens with one attached hydrogen (secondary N) is 1. The molecule has 3 unspecified atom stereocenters. The fourth-order valence-electron chi connectivity index (χ4n) is 3.52. The minimum Gasteiger partial charge on any atom is -0.497 e. The molecular formula is C23H30N2O7S. The van der Waals surface area contributed by atoms with Crippen LogP contribution in [0.25, 0.3) is 0 Å². The summed E-state index contributed by atoms with van der Waals surface area (Å²) in [5.41, 5.74) is 0.893. The molecule has 1 amide bonds. The largest absolute Gasteiger partial charge is 0.497 e. The summed E-state index contributed by atoms with van der Waals surface area (Å²) < 4.78 is 38.0. The van der Waals surface area contributed by atoms with Gasteiger partial charge < -0.3 is 19.9 Å². The Hall–Kier alpha value is -2.50. The Labute approximate surface area is 194 Å². The number of aliphatic hydroxyl groups excluding tert-OH is 1. The Balaban J connectivity index is 1.84. The standard InChI is InChI=1S/C23H30N2O7S/c1-17(26)24-22(14-18-6-4-3-5-7-18)23(27)15-25(32-20-12-13-31-16-20)33(28,29)21-10-8-19(30-2)9-11-21/h3-11,20,22-23,27H,12-16H2,1-2H3,(H,24,26). The predicted molar refractivity (Wildman–Crippen MR) is 121 cm³/mol. The van der Waals surface area contributed by atoms with Crippen LogP contribution in [0.3, 0.4) is 0 Å². The predicted octanol–water partition coefficient (Wildman–Crippen LogP) is 1.51. The molecule has 9 nitrogen and oxygen atoms in total. The van der Waals surface area contributed by atoms with E-state index in [0.717, 1.165) is 10.0 Å². The summed E-state index contributed by atoms with van der Waals surface area (Å²) in [7, 11) is -2.63. The van der Waals surface area contributed by atoms with Gasteiger partial charge in [-0.3, -0.25) is 9.63 Å². The summed E-state index contributed by atoms with van der Waals surface area (Å²) in [6, 6.07) is 14.5. The maximum atomic E-state index is 13.4. The molecule has 1 saturated heterocycles. The molecule has 1 aliphatic rings. The number of rotatable bonds is 11. The van der Waals surface area contributed by atoms with Gasteiger partial charge in [0, 0.05) is 20.0 Å². The number of carbonyl (C=O) groups excluding carboxylic acids is 1. The van der Waals surface area contributed by atoms with Crippen LogP contribution in [0.2, 0.25) is 0 Å². The summed E-state index contributed by atoms with van der Waals surface area (Å²) in [6.45, 7) is 1.70. The number of hydrogen-bond donors (Lipinski definition) is 2. The van der Waals surface area contributed by atoms with Crippen LogP contribution < -0.4 is 10.1 Å². The van der Waals surface area contributed by atoms with Crippen LogP contribution in [0, 0.1) is 0 Å². The summed E-state index contributed by atoms with van der Waals surface area (Å²) in [5, 5.41) is 13.7. The zero-order valence-electron chi connectivity index (χ0n) is 18.7. The average molecular weight is 479 g/mol. The van der Waals surface area contributed by atoms with Crippen LogP contribution in [0.15, 0.2) is 59.5 Å². The van der Waals surface area contributed by atoms with E-state index in [1.165, 1.54) is 38.3 Å². The fourth-order valence-corrected chi connectivity index (χ4v) is 4.82. The molecular weight excluding hydrogens is 448 g/mol. The minimum absolute atomic E-state index is 0.00597. The highest BCUT2D eigenvalue weighted by molar-refractivity contribution is 7.89. The number of carbonyl (C=O) groups is 1. The SMILES string of the molecule is COc1ccc(S(=O)(=O)N(CC(O)C(Cc2ccccc2)NC(C)=O)OC2CCOC2)cc1. The van der Waals surface area contributed by atoms with E-state index in [0.29, 0.717) is 25.2 Å². The molecule has 0 bridgehead atoms. The number of amides is 1. The van der Waals surface area contributed by atoms with Gasteiger partial charge in [0.2, 0.25) is 5.91 Å². The van der Waals surface area contributed by atoms with E-state index in [1.54, 1.807) is 0 Å². The number of methoxy groups -OCH3 is 1. The lowest BCUT2D eigenvalue weighted by molar-refractivity contribution is -0.148. The minimum atomic E-state index is -4.12. The first kappa shape index (κ1) is 25.1. The molecule has 0 radical (unpaired) electrons. The van der Waals surface area contributed by atoms with Gasteiger partial charge in [-0.25, -0.2) is 8.42 Å². The lowest BCUT2D eigenvalue weighted by Gasteiger charge is -2.30. The first-order valence-electron chi connectivity index (χ1n) is 10.7. The molecule has 1 fully saturated rings. The molecule has 1 aliphatic heterocycles. The maximum absolute atomic E-state index is 13.4. The van der Waals surface area contributed by atoms with Gasteiger partial charge in [0.05, 0.1) is 37.3 Å². The second-order valence-electron chi connectivity index (χ2n) is 7.82. The number of nitrogens with zero attached hydrogens (tertiary/aromatic N) is 1. The Kier molecular flexibility index (Phi) is 8.81. The highest BCUT2D eigenvalue weighted by atomic mass is 32.2. The van der Waals surface area contributed by atoms with Gasteiger partial charge in [-0.2, -0.15) is 0 Å². The van der Waals surface area contributed by atoms with Gasteiger partial charge in [-0.1, -0.05) is 34.8 Å². The van der Waals surface area contributed by atoms with Gasteiger partial charge in [0.1, 0.15) is 11.9 Å². The topological polar surface area (TPSA) is 114 Å². The summed E-state index contributed by atoms with van der Waals surface area (Å²) in [5.74, 6) is 0.184. The lowest BCUT2D eigenvalue weighted by atomic mass is 10.0. The molecule has 2 N–H and O–H groups in total. The number of benzene rings is 2. The van der Waals surface area contributed by atoms with Crippen molar-refractivity contribution in [1.82, 2.24) is 9.79 Å². The summed E-state index contributed by atoms with van der Waals surface area (Å²) >= 11 is 0. The molecule has 3 atom stereocenters. The maximum Gasteiger partial charge on any atom is 0.265 e. The van der Waals surface area contributed by atoms with Gasteiger partial charge in [-0.15, -0.1) is 0 Å². The van der Waals surface area contributed by atoms with Crippen molar-refractivity contribution < 1.29 is 32.6 Å². The van der Waals surface area contributed by atoms with Crippen molar-refractivity contribution in [3.8, 4) is 5.75 Å². The molecule has 2 aromatic rings. The highest BCUT2D eigenvalue weighted by Crippen LogP contribution is 2.23. The monoisotopic (exact) mass is 478 g/mol. The first-order chi connectivity index (χ1) is 15.8. The quantitative estimate of drug-likeness (QED) is 0.471. The third-order valence-electron chi connectivity index (χ3n) is 5.27. The van der Waals surface area contributed by atoms with Crippen LogP contribution >= 0.6 is 0 Å². The van der Waals surface area contributed by atoms with Crippen molar-refractivity contribution in [3.05, 3.63) is 60.2 Å². The van der Waals surface area contributed by atoms with E-state index in [2.05, 4.69) is 5.32 Å². The number of sulfonamides is 1. The van der Waals surface area contributed by atoms with Crippen LogP contribution in [-0.2, 0) is 30.8 Å². The Morgan fingerprint density at radius 2 is 1.91 bits per heavy atom. The third-order valence-corrected chi connectivity index (χ3v) is 6.91. The second-order valence-corrected chi connectivity index (χ2v) is 9.65. The van der Waals surface area contributed by atoms with Crippen molar-refractivity contribution >= 4 is 15.9 Å². The number of hydroxylamine groups is 1. The van der Waals surface area contributed by atoms with Crippen molar-refractivity contribution in [2.75, 3.05) is 26.9 Å². The van der Waals surface area contributed by atoms with Gasteiger partial charge >= 0.3 is 0 Å². The molecule has 3 rings (SSSR count). The normalized spacial score (nSPS) is 18.1. The van der Waals surface area contributed by atoms with E-state index in [1.807, 2.05) is 30.3 Å². The van der Waals surface area contributed by atoms with Crippen molar-refractivity contribution in [1.29, 1.82) is 0 Å². The van der Waals surface area contributed by atoms with Gasteiger partial charge in [0.25, 0.3) is 10.0 Å². The zero-order chi connectivity index (χ0) is 23.8. The molecule has 33 heavy (non-hydrogen) atoms. The number of ether oxygens (including phenoxy) is 2. The van der Waals surface area contributed by atoms with Gasteiger partial charge in [0.15, 0.2) is 0 Å². The molecule has 0 aromatic heterocycles. The van der Waals surface area contributed by atoms with Crippen LogP contribution in [0.1, 0.15) is 18.9 Å². The molecule has 0 saturated carbocycles.